The summed E-state index contributed by atoms with van der Waals surface area (Å²) >= 11 is 0. The fourth-order valence-electron chi connectivity index (χ4n) is 9.48. The number of carbonyl (C=O) groups excluding carboxylic acids is 3. The number of ether oxygens (including phenoxy) is 3. The van der Waals surface area contributed by atoms with Crippen LogP contribution in [0.5, 0.6) is 0 Å². The maximum atomic E-state index is 12.8. The van der Waals surface area contributed by atoms with Crippen molar-refractivity contribution in [1.29, 1.82) is 0 Å². The standard InChI is InChI=1S/C64H120O6/c1-4-7-10-13-16-18-20-22-24-26-28-30-32-34-36-38-40-42-44-46-48-51-54-57-63(66)69-60-61(59-68-62(65)56-53-50-15-12-9-6-3)70-64(67)58-55-52-49-47-45-43-41-39-37-35-33-31-29-27-25-23-21-19-17-14-11-8-5-2/h20,22,26,28,61H,4-19,21,23-25,27,29-60H2,1-3H3/b22-20-,28-26-. The number of hydrogen-bond donors (Lipinski definition) is 0. The lowest BCUT2D eigenvalue weighted by Gasteiger charge is -2.18. The quantitative estimate of drug-likeness (QED) is 0.0261. The first-order valence-corrected chi connectivity index (χ1v) is 31.3. The molecule has 0 aliphatic rings. The molecule has 0 N–H and O–H groups in total. The molecule has 0 amide bonds. The van der Waals surface area contributed by atoms with Crippen molar-refractivity contribution in [3.8, 4) is 0 Å². The molecule has 0 heterocycles. The Labute approximate surface area is 436 Å². The highest BCUT2D eigenvalue weighted by Crippen LogP contribution is 2.18. The minimum atomic E-state index is -0.765. The highest BCUT2D eigenvalue weighted by atomic mass is 16.6. The molecule has 0 aliphatic carbocycles. The van der Waals surface area contributed by atoms with Crippen LogP contribution in [0.4, 0.5) is 0 Å². The van der Waals surface area contributed by atoms with Gasteiger partial charge < -0.3 is 14.2 Å². The molecule has 0 saturated heterocycles. The van der Waals surface area contributed by atoms with E-state index in [2.05, 4.69) is 45.1 Å². The van der Waals surface area contributed by atoms with Gasteiger partial charge >= 0.3 is 17.9 Å². The topological polar surface area (TPSA) is 78.9 Å². The summed E-state index contributed by atoms with van der Waals surface area (Å²) in [5.74, 6) is -0.856. The third-order valence-corrected chi connectivity index (χ3v) is 14.2. The van der Waals surface area contributed by atoms with Crippen LogP contribution in [-0.2, 0) is 28.6 Å². The Kier molecular flexibility index (Phi) is 57.7. The zero-order valence-electron chi connectivity index (χ0n) is 47.3. The number of esters is 3. The van der Waals surface area contributed by atoms with E-state index in [0.717, 1.165) is 64.2 Å². The number of rotatable bonds is 58. The summed E-state index contributed by atoms with van der Waals surface area (Å²) in [5, 5.41) is 0. The van der Waals surface area contributed by atoms with Crippen molar-refractivity contribution < 1.29 is 28.6 Å². The van der Waals surface area contributed by atoms with Gasteiger partial charge in [-0.05, 0) is 51.4 Å². The first kappa shape index (κ1) is 67.9. The minimum Gasteiger partial charge on any atom is -0.462 e. The lowest BCUT2D eigenvalue weighted by molar-refractivity contribution is -0.167. The average Bonchev–Trinajstić information content (AvgIpc) is 3.36. The molecule has 6 nitrogen and oxygen atoms in total. The third-order valence-electron chi connectivity index (χ3n) is 14.2. The van der Waals surface area contributed by atoms with Gasteiger partial charge in [-0.15, -0.1) is 0 Å². The zero-order valence-corrected chi connectivity index (χ0v) is 47.3. The molecule has 0 saturated carbocycles. The summed E-state index contributed by atoms with van der Waals surface area (Å²) in [6.07, 6.45) is 70.8. The molecule has 0 radical (unpaired) electrons. The summed E-state index contributed by atoms with van der Waals surface area (Å²) in [6.45, 7) is 6.63. The predicted octanol–water partition coefficient (Wildman–Crippen LogP) is 21.1. The molecule has 0 rings (SSSR count). The highest BCUT2D eigenvalue weighted by molar-refractivity contribution is 5.71. The number of carbonyl (C=O) groups is 3. The number of allylic oxidation sites excluding steroid dienone is 4. The van der Waals surface area contributed by atoms with Gasteiger partial charge in [0.1, 0.15) is 13.2 Å². The van der Waals surface area contributed by atoms with Gasteiger partial charge in [0, 0.05) is 19.3 Å². The molecule has 0 aromatic rings. The maximum absolute atomic E-state index is 12.8. The largest absolute Gasteiger partial charge is 0.462 e. The number of unbranched alkanes of at least 4 members (excludes halogenated alkanes) is 43. The smallest absolute Gasteiger partial charge is 0.306 e. The first-order valence-electron chi connectivity index (χ1n) is 31.3. The Morgan fingerprint density at radius 1 is 0.286 bits per heavy atom. The monoisotopic (exact) mass is 985 g/mol. The maximum Gasteiger partial charge on any atom is 0.306 e. The molecule has 0 aliphatic heterocycles. The van der Waals surface area contributed by atoms with Crippen LogP contribution in [0.1, 0.15) is 348 Å². The zero-order chi connectivity index (χ0) is 50.7. The molecule has 0 bridgehead atoms. The number of hydrogen-bond acceptors (Lipinski definition) is 6. The van der Waals surface area contributed by atoms with Crippen LogP contribution in [-0.4, -0.2) is 37.2 Å². The Morgan fingerprint density at radius 2 is 0.514 bits per heavy atom. The van der Waals surface area contributed by atoms with E-state index in [4.69, 9.17) is 14.2 Å². The van der Waals surface area contributed by atoms with Gasteiger partial charge in [0.2, 0.25) is 0 Å². The van der Waals surface area contributed by atoms with E-state index in [0.29, 0.717) is 19.3 Å². The summed E-state index contributed by atoms with van der Waals surface area (Å²) in [6, 6.07) is 0. The van der Waals surface area contributed by atoms with Crippen molar-refractivity contribution in [2.24, 2.45) is 0 Å². The van der Waals surface area contributed by atoms with Crippen molar-refractivity contribution in [2.45, 2.75) is 354 Å². The summed E-state index contributed by atoms with van der Waals surface area (Å²) in [7, 11) is 0. The second-order valence-corrected chi connectivity index (χ2v) is 21.3. The minimum absolute atomic E-state index is 0.0675. The van der Waals surface area contributed by atoms with Crippen LogP contribution >= 0.6 is 0 Å². The average molecular weight is 986 g/mol. The summed E-state index contributed by atoms with van der Waals surface area (Å²) in [4.78, 5) is 38.0. The van der Waals surface area contributed by atoms with Gasteiger partial charge in [0.25, 0.3) is 0 Å². The van der Waals surface area contributed by atoms with E-state index in [-0.39, 0.29) is 31.1 Å². The second-order valence-electron chi connectivity index (χ2n) is 21.3. The van der Waals surface area contributed by atoms with Gasteiger partial charge in [0.15, 0.2) is 6.10 Å². The Bertz CT molecular complexity index is 1130. The molecule has 0 spiro atoms. The molecule has 6 heteroatoms. The van der Waals surface area contributed by atoms with E-state index in [1.807, 2.05) is 0 Å². The SMILES string of the molecule is CCCCCCC/C=C\C/C=C\CCCCCCCCCCCCCC(=O)OCC(COC(=O)CCCCCCCC)OC(=O)CCCCCCCCCCCCCCCCCCCCCCCCC. The predicted molar refractivity (Wildman–Crippen MR) is 303 cm³/mol. The Hall–Kier alpha value is -2.11. The van der Waals surface area contributed by atoms with E-state index < -0.39 is 6.10 Å². The highest BCUT2D eigenvalue weighted by Gasteiger charge is 2.19. The normalized spacial score (nSPS) is 12.1. The van der Waals surface area contributed by atoms with Crippen molar-refractivity contribution in [3.05, 3.63) is 24.3 Å². The van der Waals surface area contributed by atoms with Crippen LogP contribution < -0.4 is 0 Å². The molecule has 0 aromatic heterocycles. The Morgan fingerprint density at radius 3 is 0.786 bits per heavy atom. The molecular formula is C64H120O6. The van der Waals surface area contributed by atoms with Gasteiger partial charge in [-0.25, -0.2) is 0 Å². The van der Waals surface area contributed by atoms with Crippen molar-refractivity contribution in [1.82, 2.24) is 0 Å². The first-order chi connectivity index (χ1) is 34.5. The fourth-order valence-corrected chi connectivity index (χ4v) is 9.48. The van der Waals surface area contributed by atoms with Crippen LogP contribution in [0.2, 0.25) is 0 Å². The molecular weight excluding hydrogens is 865 g/mol. The van der Waals surface area contributed by atoms with E-state index in [9.17, 15) is 14.4 Å². The lowest BCUT2D eigenvalue weighted by atomic mass is 10.0. The van der Waals surface area contributed by atoms with Gasteiger partial charge in [-0.2, -0.15) is 0 Å². The summed E-state index contributed by atoms with van der Waals surface area (Å²) in [5.41, 5.74) is 0. The van der Waals surface area contributed by atoms with E-state index in [1.165, 1.54) is 244 Å². The van der Waals surface area contributed by atoms with Crippen LogP contribution in [0.3, 0.4) is 0 Å². The molecule has 70 heavy (non-hydrogen) atoms. The molecule has 412 valence electrons. The van der Waals surface area contributed by atoms with Crippen molar-refractivity contribution >= 4 is 17.9 Å². The fraction of sp³-hybridized carbons (Fsp3) is 0.891. The Balaban J connectivity index is 4.05. The molecule has 0 fully saturated rings. The van der Waals surface area contributed by atoms with Crippen LogP contribution in [0.25, 0.3) is 0 Å². The van der Waals surface area contributed by atoms with Crippen molar-refractivity contribution in [2.75, 3.05) is 13.2 Å². The van der Waals surface area contributed by atoms with Crippen LogP contribution in [0.15, 0.2) is 24.3 Å². The van der Waals surface area contributed by atoms with Gasteiger partial charge in [-0.3, -0.25) is 14.4 Å². The van der Waals surface area contributed by atoms with Crippen molar-refractivity contribution in [3.63, 3.8) is 0 Å². The van der Waals surface area contributed by atoms with E-state index in [1.54, 1.807) is 0 Å². The lowest BCUT2D eigenvalue weighted by Crippen LogP contribution is -2.30. The van der Waals surface area contributed by atoms with Gasteiger partial charge in [0.05, 0.1) is 0 Å². The molecule has 0 aromatic carbocycles. The van der Waals surface area contributed by atoms with Crippen LogP contribution in [0, 0.1) is 0 Å². The summed E-state index contributed by atoms with van der Waals surface area (Å²) < 4.78 is 16.8. The third kappa shape index (κ3) is 56.8. The van der Waals surface area contributed by atoms with E-state index >= 15 is 0 Å². The molecule has 1 atom stereocenters. The second kappa shape index (κ2) is 59.5. The van der Waals surface area contributed by atoms with Gasteiger partial charge in [-0.1, -0.05) is 302 Å². The molecule has 1 unspecified atom stereocenters.